The van der Waals surface area contributed by atoms with Crippen LogP contribution in [-0.4, -0.2) is 109 Å². The molecule has 2 heterocycles. The van der Waals surface area contributed by atoms with Gasteiger partial charge in [-0.1, -0.05) is 27.7 Å². The highest BCUT2D eigenvalue weighted by atomic mass is 16.7. The Labute approximate surface area is 272 Å². The normalized spacial score (nSPS) is 63.0. The van der Waals surface area contributed by atoms with E-state index in [0.717, 1.165) is 38.5 Å². The lowest BCUT2D eigenvalue weighted by molar-refractivity contribution is -0.331. The molecule has 8 fully saturated rings. The van der Waals surface area contributed by atoms with Crippen molar-refractivity contribution in [1.29, 1.82) is 0 Å². The fraction of sp³-hybridized carbons (Fsp3) is 1.00. The lowest BCUT2D eigenvalue weighted by Crippen LogP contribution is -2.64. The average molecular weight is 651 g/mol. The predicted octanol–water partition coefficient (Wildman–Crippen LogP) is 1.87. The van der Waals surface area contributed by atoms with E-state index in [-0.39, 0.29) is 45.5 Å². The van der Waals surface area contributed by atoms with Crippen molar-refractivity contribution in [1.82, 2.24) is 0 Å². The molecule has 8 rings (SSSR count). The van der Waals surface area contributed by atoms with Crippen LogP contribution in [0.3, 0.4) is 0 Å². The smallest absolute Gasteiger partial charge is 0.186 e. The summed E-state index contributed by atoms with van der Waals surface area (Å²) in [5, 5.41) is 76.4. The summed E-state index contributed by atoms with van der Waals surface area (Å²) in [4.78, 5) is 0. The third-order valence-electron chi connectivity index (χ3n) is 17.0. The predicted molar refractivity (Wildman–Crippen MR) is 165 cm³/mol. The summed E-state index contributed by atoms with van der Waals surface area (Å²) in [5.41, 5.74) is -2.77. The largest absolute Gasteiger partial charge is 0.394 e. The second-order valence-corrected chi connectivity index (χ2v) is 19.0. The summed E-state index contributed by atoms with van der Waals surface area (Å²) in [6.07, 6.45) is -1.73. The Hall–Kier alpha value is -0.400. The Kier molecular flexibility index (Phi) is 6.61. The lowest BCUT2D eigenvalue weighted by atomic mass is 9.41. The number of fused-ring (bicyclic) bond motifs is 6. The molecule has 2 aliphatic heterocycles. The molecule has 7 N–H and O–H groups in total. The van der Waals surface area contributed by atoms with Gasteiger partial charge in [0.1, 0.15) is 24.4 Å². The molecule has 46 heavy (non-hydrogen) atoms. The zero-order valence-corrected chi connectivity index (χ0v) is 28.6. The fourth-order valence-electron chi connectivity index (χ4n) is 14.8. The summed E-state index contributed by atoms with van der Waals surface area (Å²) in [5.74, 6) is 0.357. The average Bonchev–Trinajstić information content (AvgIpc) is 3.69. The summed E-state index contributed by atoms with van der Waals surface area (Å²) in [7, 11) is 0. The fourth-order valence-corrected chi connectivity index (χ4v) is 14.8. The van der Waals surface area contributed by atoms with E-state index in [1.54, 1.807) is 0 Å². The monoisotopic (exact) mass is 650 g/mol. The van der Waals surface area contributed by atoms with E-state index in [9.17, 15) is 35.7 Å². The minimum Gasteiger partial charge on any atom is -0.394 e. The molecule has 262 valence electrons. The molecule has 0 amide bonds. The molecular weight excluding hydrogens is 592 g/mol. The van der Waals surface area contributed by atoms with Crippen LogP contribution in [0.15, 0.2) is 0 Å². The van der Waals surface area contributed by atoms with E-state index in [1.807, 2.05) is 13.8 Å². The Morgan fingerprint density at radius 3 is 2.13 bits per heavy atom. The number of rotatable bonds is 4. The van der Waals surface area contributed by atoms with Crippen molar-refractivity contribution in [3.05, 3.63) is 0 Å². The van der Waals surface area contributed by atoms with Gasteiger partial charge in [0.15, 0.2) is 6.29 Å². The first-order valence-electron chi connectivity index (χ1n) is 18.0. The van der Waals surface area contributed by atoms with E-state index in [0.29, 0.717) is 12.8 Å². The molecule has 0 aromatic rings. The number of hydrogen-bond acceptors (Lipinski definition) is 10. The van der Waals surface area contributed by atoms with E-state index in [1.165, 1.54) is 0 Å². The van der Waals surface area contributed by atoms with Gasteiger partial charge < -0.3 is 50.0 Å². The number of aliphatic hydroxyl groups is 7. The van der Waals surface area contributed by atoms with Gasteiger partial charge in [-0.15, -0.1) is 0 Å². The minimum atomic E-state index is -1.53. The Morgan fingerprint density at radius 1 is 0.826 bits per heavy atom. The highest BCUT2D eigenvalue weighted by Crippen LogP contribution is 2.94. The molecule has 7 unspecified atom stereocenters. The molecule has 3 spiro atoms. The standard InChI is InChI=1S/C36H58O10/c1-29(2)21(38)8-9-35-16-34(35)11-10-32(6)31(5,14-22(39)36(32)20-13-23(30(3,4)43)46-33(20,36)7)19(34)12-17(27(29)35)44-28-26(42)25(41)24(40)18(15-37)45-28/h17-28,37-43H,8-16H2,1-7H3/t17-,18?,19?,20+,21-,22-,23-,24?,25?,26?,27?,28?,31-,32-,33+,34-,35+,36-/m0/s1. The number of ether oxygens (including phenoxy) is 3. The highest BCUT2D eigenvalue weighted by Gasteiger charge is 2.94. The van der Waals surface area contributed by atoms with Crippen molar-refractivity contribution in [3.8, 4) is 0 Å². The van der Waals surface area contributed by atoms with Crippen molar-refractivity contribution < 1.29 is 50.0 Å². The van der Waals surface area contributed by atoms with Gasteiger partial charge in [0.05, 0.1) is 42.2 Å². The van der Waals surface area contributed by atoms with E-state index in [2.05, 4.69) is 34.6 Å². The maximum absolute atomic E-state index is 12.2. The zero-order chi connectivity index (χ0) is 33.4. The van der Waals surface area contributed by atoms with Crippen LogP contribution < -0.4 is 0 Å². The third-order valence-corrected chi connectivity index (χ3v) is 17.0. The van der Waals surface area contributed by atoms with Crippen molar-refractivity contribution >= 4 is 0 Å². The topological polar surface area (TPSA) is 169 Å². The van der Waals surface area contributed by atoms with Gasteiger partial charge in [0, 0.05) is 11.3 Å². The Balaban J connectivity index is 1.17. The molecule has 18 atom stereocenters. The Bertz CT molecular complexity index is 1280. The molecule has 0 aromatic heterocycles. The number of aliphatic hydroxyl groups excluding tert-OH is 6. The number of hydrogen-bond donors (Lipinski definition) is 7. The third kappa shape index (κ3) is 3.40. The quantitative estimate of drug-likeness (QED) is 0.223. The second kappa shape index (κ2) is 9.28. The van der Waals surface area contributed by atoms with Crippen LogP contribution in [-0.2, 0) is 14.2 Å². The maximum atomic E-state index is 12.2. The molecule has 10 heteroatoms. The molecular formula is C36H58O10. The second-order valence-electron chi connectivity index (χ2n) is 19.0. The molecule has 0 aromatic carbocycles. The van der Waals surface area contributed by atoms with Gasteiger partial charge in [0.2, 0.25) is 0 Å². The van der Waals surface area contributed by atoms with Gasteiger partial charge >= 0.3 is 0 Å². The first kappa shape index (κ1) is 32.8. The zero-order valence-electron chi connectivity index (χ0n) is 28.6. The van der Waals surface area contributed by atoms with Gasteiger partial charge in [-0.2, -0.15) is 0 Å². The van der Waals surface area contributed by atoms with Crippen LogP contribution in [0, 0.1) is 50.2 Å². The molecule has 2 saturated heterocycles. The van der Waals surface area contributed by atoms with Gasteiger partial charge in [-0.05, 0) is 111 Å². The first-order chi connectivity index (χ1) is 21.2. The SMILES string of the molecule is CC(C)(O)[C@@H]1C[C@H]2[C@@]3([C@@H](O)C[C@@]4(C)C5C[C@H](OC6OC(CO)C(O)C(O)C6O)C6C(C)(C)[C@@H](O)CC[C@@]67C[C@@]57CC[C@]34C)[C@]2(C)O1. The minimum absolute atomic E-state index is 0.0192. The van der Waals surface area contributed by atoms with Gasteiger partial charge in [-0.3, -0.25) is 0 Å². The van der Waals surface area contributed by atoms with E-state index < -0.39 is 77.7 Å². The molecule has 6 aliphatic carbocycles. The van der Waals surface area contributed by atoms with Crippen molar-refractivity contribution in [2.75, 3.05) is 6.61 Å². The van der Waals surface area contributed by atoms with Crippen molar-refractivity contribution in [2.45, 2.75) is 166 Å². The van der Waals surface area contributed by atoms with Crippen LogP contribution in [0.2, 0.25) is 0 Å². The maximum Gasteiger partial charge on any atom is 0.186 e. The van der Waals surface area contributed by atoms with Crippen LogP contribution in [0.4, 0.5) is 0 Å². The van der Waals surface area contributed by atoms with Crippen LogP contribution in [0.1, 0.15) is 99.8 Å². The Morgan fingerprint density at radius 2 is 1.52 bits per heavy atom. The summed E-state index contributed by atoms with van der Waals surface area (Å²) in [6, 6.07) is 0. The molecule has 6 saturated carbocycles. The highest BCUT2D eigenvalue weighted by molar-refractivity contribution is 5.42. The van der Waals surface area contributed by atoms with Gasteiger partial charge in [0.25, 0.3) is 0 Å². The molecule has 0 bridgehead atoms. The molecule has 8 aliphatic rings. The van der Waals surface area contributed by atoms with Gasteiger partial charge in [-0.25, -0.2) is 0 Å². The lowest BCUT2D eigenvalue weighted by Gasteiger charge is -2.65. The molecule has 10 nitrogen and oxygen atoms in total. The summed E-state index contributed by atoms with van der Waals surface area (Å²) in [6.45, 7) is 14.3. The molecule has 0 radical (unpaired) electrons. The first-order valence-corrected chi connectivity index (χ1v) is 18.0. The van der Waals surface area contributed by atoms with Crippen LogP contribution >= 0.6 is 0 Å². The summed E-state index contributed by atoms with van der Waals surface area (Å²) >= 11 is 0. The van der Waals surface area contributed by atoms with E-state index >= 15 is 0 Å². The van der Waals surface area contributed by atoms with E-state index in [4.69, 9.17) is 14.2 Å². The van der Waals surface area contributed by atoms with Crippen molar-refractivity contribution in [3.63, 3.8) is 0 Å². The van der Waals surface area contributed by atoms with Crippen LogP contribution in [0.5, 0.6) is 0 Å². The summed E-state index contributed by atoms with van der Waals surface area (Å²) < 4.78 is 19.4. The van der Waals surface area contributed by atoms with Crippen LogP contribution in [0.25, 0.3) is 0 Å². The van der Waals surface area contributed by atoms with Crippen molar-refractivity contribution in [2.24, 2.45) is 50.2 Å².